The summed E-state index contributed by atoms with van der Waals surface area (Å²) < 4.78 is 14.1. The van der Waals surface area contributed by atoms with Gasteiger partial charge in [0.1, 0.15) is 12.0 Å². The first-order valence-corrected chi connectivity index (χ1v) is 8.01. The quantitative estimate of drug-likeness (QED) is 0.903. The summed E-state index contributed by atoms with van der Waals surface area (Å²) in [6.45, 7) is 2.83. The lowest BCUT2D eigenvalue weighted by molar-refractivity contribution is -0.131. The van der Waals surface area contributed by atoms with Crippen LogP contribution in [-0.4, -0.2) is 23.4 Å². The van der Waals surface area contributed by atoms with Crippen LogP contribution in [0.25, 0.3) is 0 Å². The van der Waals surface area contributed by atoms with Gasteiger partial charge in [-0.1, -0.05) is 38.0 Å². The number of amides is 1. The molecule has 3 nitrogen and oxygen atoms in total. The maximum absolute atomic E-state index is 14.1. The van der Waals surface area contributed by atoms with Gasteiger partial charge in [0, 0.05) is 12.1 Å². The summed E-state index contributed by atoms with van der Waals surface area (Å²) in [5.74, 6) is 0.487. The molecule has 2 aliphatic rings. The molecule has 1 saturated heterocycles. The second-order valence-electron chi connectivity index (χ2n) is 6.22. The smallest absolute Gasteiger partial charge is 0.241 e. The van der Waals surface area contributed by atoms with Crippen molar-refractivity contribution < 1.29 is 9.18 Å². The van der Waals surface area contributed by atoms with Crippen LogP contribution in [0.4, 0.5) is 4.39 Å². The molecule has 1 aliphatic carbocycles. The zero-order chi connectivity index (χ0) is 14.8. The minimum Gasteiger partial charge on any atom is -0.321 e. The van der Waals surface area contributed by atoms with Crippen molar-refractivity contribution >= 4 is 5.91 Å². The van der Waals surface area contributed by atoms with Crippen LogP contribution in [0.2, 0.25) is 0 Å². The normalized spacial score (nSPS) is 26.2. The molecule has 0 aromatic heterocycles. The van der Waals surface area contributed by atoms with Crippen LogP contribution in [0.1, 0.15) is 50.8 Å². The minimum absolute atomic E-state index is 0.136. The van der Waals surface area contributed by atoms with E-state index in [0.717, 1.165) is 19.4 Å². The van der Waals surface area contributed by atoms with E-state index < -0.39 is 0 Å². The van der Waals surface area contributed by atoms with Crippen LogP contribution in [0, 0.1) is 11.7 Å². The first kappa shape index (κ1) is 14.5. The van der Waals surface area contributed by atoms with Gasteiger partial charge in [-0.3, -0.25) is 10.1 Å². The summed E-state index contributed by atoms with van der Waals surface area (Å²) in [6, 6.07) is 6.60. The van der Waals surface area contributed by atoms with Crippen LogP contribution in [0.15, 0.2) is 24.3 Å². The van der Waals surface area contributed by atoms with Gasteiger partial charge in [-0.25, -0.2) is 4.39 Å². The molecule has 4 heteroatoms. The zero-order valence-corrected chi connectivity index (χ0v) is 12.5. The van der Waals surface area contributed by atoms with Crippen molar-refractivity contribution in [3.05, 3.63) is 35.6 Å². The highest BCUT2D eigenvalue weighted by molar-refractivity contribution is 5.84. The lowest BCUT2D eigenvalue weighted by Crippen LogP contribution is -2.37. The Balaban J connectivity index is 1.84. The fourth-order valence-electron chi connectivity index (χ4n) is 3.28. The Hall–Kier alpha value is -1.42. The average Bonchev–Trinajstić information content (AvgIpc) is 2.72. The Labute approximate surface area is 125 Å². The van der Waals surface area contributed by atoms with Crippen molar-refractivity contribution in [3.63, 3.8) is 0 Å². The molecule has 2 fully saturated rings. The lowest BCUT2D eigenvalue weighted by Gasteiger charge is -2.33. The molecule has 21 heavy (non-hydrogen) atoms. The average molecular weight is 290 g/mol. The number of halogens is 1. The van der Waals surface area contributed by atoms with Gasteiger partial charge in [0.15, 0.2) is 0 Å². The van der Waals surface area contributed by atoms with E-state index in [1.165, 1.54) is 25.3 Å². The SMILES string of the molecule is CCCC1NC(c2ccccc2F)N(CC2CCC2)C1=O. The third-order valence-corrected chi connectivity index (χ3v) is 4.71. The molecule has 2 atom stereocenters. The number of carbonyl (C=O) groups excluding carboxylic acids is 1. The van der Waals surface area contributed by atoms with Crippen LogP contribution in [0.5, 0.6) is 0 Å². The number of nitrogens with zero attached hydrogens (tertiary/aromatic N) is 1. The molecule has 1 aromatic rings. The fourth-order valence-corrected chi connectivity index (χ4v) is 3.28. The molecule has 1 aromatic carbocycles. The Morgan fingerprint density at radius 3 is 2.71 bits per heavy atom. The van der Waals surface area contributed by atoms with Crippen LogP contribution in [0.3, 0.4) is 0 Å². The Bertz CT molecular complexity index is 515. The largest absolute Gasteiger partial charge is 0.321 e. The second-order valence-corrected chi connectivity index (χ2v) is 6.22. The third kappa shape index (κ3) is 2.82. The van der Waals surface area contributed by atoms with Gasteiger partial charge in [0.2, 0.25) is 5.91 Å². The summed E-state index contributed by atoms with van der Waals surface area (Å²) in [5, 5.41) is 3.34. The molecule has 2 unspecified atom stereocenters. The van der Waals surface area contributed by atoms with Crippen molar-refractivity contribution in [2.45, 2.75) is 51.2 Å². The molecular weight excluding hydrogens is 267 g/mol. The molecule has 114 valence electrons. The fraction of sp³-hybridized carbons (Fsp3) is 0.588. The van der Waals surface area contributed by atoms with Crippen molar-refractivity contribution in [3.8, 4) is 0 Å². The second kappa shape index (κ2) is 6.14. The predicted molar refractivity (Wildman–Crippen MR) is 80.0 cm³/mol. The molecule has 3 rings (SSSR count). The monoisotopic (exact) mass is 290 g/mol. The van der Waals surface area contributed by atoms with E-state index in [1.807, 2.05) is 11.0 Å². The molecule has 0 bridgehead atoms. The molecule has 0 radical (unpaired) electrons. The molecule has 0 spiro atoms. The number of nitrogens with one attached hydrogen (secondary N) is 1. The third-order valence-electron chi connectivity index (χ3n) is 4.71. The summed E-state index contributed by atoms with van der Waals surface area (Å²) >= 11 is 0. The molecule has 1 aliphatic heterocycles. The van der Waals surface area contributed by atoms with Crippen LogP contribution >= 0.6 is 0 Å². The summed E-state index contributed by atoms with van der Waals surface area (Å²) in [5.41, 5.74) is 0.587. The maximum Gasteiger partial charge on any atom is 0.241 e. The molecule has 1 amide bonds. The van der Waals surface area contributed by atoms with E-state index in [1.54, 1.807) is 12.1 Å². The lowest BCUT2D eigenvalue weighted by atomic mass is 9.85. The van der Waals surface area contributed by atoms with Crippen molar-refractivity contribution in [1.29, 1.82) is 0 Å². The van der Waals surface area contributed by atoms with Gasteiger partial charge >= 0.3 is 0 Å². The highest BCUT2D eigenvalue weighted by Crippen LogP contribution is 2.34. The number of carbonyl (C=O) groups is 1. The Morgan fingerprint density at radius 1 is 1.33 bits per heavy atom. The maximum atomic E-state index is 14.1. The van der Waals surface area contributed by atoms with E-state index in [-0.39, 0.29) is 23.9 Å². The van der Waals surface area contributed by atoms with E-state index >= 15 is 0 Å². The zero-order valence-electron chi connectivity index (χ0n) is 12.5. The number of hydrogen-bond acceptors (Lipinski definition) is 2. The van der Waals surface area contributed by atoms with E-state index in [2.05, 4.69) is 12.2 Å². The summed E-state index contributed by atoms with van der Waals surface area (Å²) in [4.78, 5) is 14.5. The van der Waals surface area contributed by atoms with Crippen molar-refractivity contribution in [2.75, 3.05) is 6.54 Å². The van der Waals surface area contributed by atoms with Gasteiger partial charge in [-0.15, -0.1) is 0 Å². The Kier molecular flexibility index (Phi) is 4.24. The summed E-state index contributed by atoms with van der Waals surface area (Å²) in [7, 11) is 0. The summed E-state index contributed by atoms with van der Waals surface area (Å²) in [6.07, 6.45) is 5.08. The minimum atomic E-state index is -0.309. The van der Waals surface area contributed by atoms with Gasteiger partial charge in [0.25, 0.3) is 0 Å². The molecule has 1 saturated carbocycles. The van der Waals surface area contributed by atoms with Crippen molar-refractivity contribution in [1.82, 2.24) is 10.2 Å². The first-order valence-electron chi connectivity index (χ1n) is 8.01. The molecule has 1 heterocycles. The van der Waals surface area contributed by atoms with Crippen LogP contribution < -0.4 is 5.32 Å². The highest BCUT2D eigenvalue weighted by atomic mass is 19.1. The highest BCUT2D eigenvalue weighted by Gasteiger charge is 2.41. The van der Waals surface area contributed by atoms with Gasteiger partial charge in [-0.2, -0.15) is 0 Å². The predicted octanol–water partition coefficient (Wildman–Crippen LogP) is 3.22. The number of hydrogen-bond donors (Lipinski definition) is 1. The topological polar surface area (TPSA) is 32.3 Å². The number of benzene rings is 1. The first-order chi connectivity index (χ1) is 10.2. The van der Waals surface area contributed by atoms with E-state index in [0.29, 0.717) is 11.5 Å². The van der Waals surface area contributed by atoms with E-state index in [4.69, 9.17) is 0 Å². The van der Waals surface area contributed by atoms with Crippen LogP contribution in [-0.2, 0) is 4.79 Å². The van der Waals surface area contributed by atoms with Gasteiger partial charge in [0.05, 0.1) is 6.04 Å². The van der Waals surface area contributed by atoms with Gasteiger partial charge in [-0.05, 0) is 31.2 Å². The molecule has 1 N–H and O–H groups in total. The van der Waals surface area contributed by atoms with E-state index in [9.17, 15) is 9.18 Å². The standard InChI is InChI=1S/C17H23FN2O/c1-2-6-15-17(21)20(11-12-7-5-8-12)16(19-15)13-9-3-4-10-14(13)18/h3-4,9-10,12,15-16,19H,2,5-8,11H2,1H3. The van der Waals surface area contributed by atoms with Crippen molar-refractivity contribution in [2.24, 2.45) is 5.92 Å². The number of rotatable bonds is 5. The van der Waals surface area contributed by atoms with Gasteiger partial charge < -0.3 is 4.90 Å². The molecular formula is C17H23FN2O. The Morgan fingerprint density at radius 2 is 2.10 bits per heavy atom.